The third-order valence-corrected chi connectivity index (χ3v) is 4.84. The Morgan fingerprint density at radius 1 is 1.25 bits per heavy atom. The predicted octanol–water partition coefficient (Wildman–Crippen LogP) is 2.94. The van der Waals surface area contributed by atoms with Crippen LogP contribution in [0.1, 0.15) is 59.8 Å². The molecule has 96 valence electrons. The maximum Gasteiger partial charge on any atom is 0.0659 e. The molecule has 0 aromatic heterocycles. The van der Waals surface area contributed by atoms with Crippen molar-refractivity contribution in [2.24, 2.45) is 22.5 Å². The summed E-state index contributed by atoms with van der Waals surface area (Å²) in [5.41, 5.74) is 6.01. The lowest BCUT2D eigenvalue weighted by Crippen LogP contribution is -2.43. The van der Waals surface area contributed by atoms with Gasteiger partial charge in [0.05, 0.1) is 6.10 Å². The van der Waals surface area contributed by atoms with Crippen molar-refractivity contribution in [1.29, 1.82) is 0 Å². The van der Waals surface area contributed by atoms with E-state index in [1.165, 1.54) is 12.8 Å². The Kier molecular flexibility index (Phi) is 4.42. The van der Waals surface area contributed by atoms with Gasteiger partial charge in [-0.05, 0) is 30.6 Å². The number of aliphatic hydroxyl groups excluding tert-OH is 1. The third-order valence-electron chi connectivity index (χ3n) is 4.84. The topological polar surface area (TPSA) is 46.2 Å². The molecule has 0 radical (unpaired) electrons. The zero-order valence-electron chi connectivity index (χ0n) is 11.4. The highest BCUT2D eigenvalue weighted by molar-refractivity contribution is 5.02. The summed E-state index contributed by atoms with van der Waals surface area (Å²) in [6.45, 7) is 9.45. The zero-order valence-corrected chi connectivity index (χ0v) is 11.4. The van der Waals surface area contributed by atoms with Crippen LogP contribution in [-0.4, -0.2) is 17.8 Å². The van der Waals surface area contributed by atoms with Gasteiger partial charge < -0.3 is 10.8 Å². The van der Waals surface area contributed by atoms with Crippen LogP contribution in [0.5, 0.6) is 0 Å². The Morgan fingerprint density at radius 3 is 2.12 bits per heavy atom. The van der Waals surface area contributed by atoms with Gasteiger partial charge in [0.15, 0.2) is 0 Å². The second-order valence-electron chi connectivity index (χ2n) is 6.34. The lowest BCUT2D eigenvalue weighted by Gasteiger charge is -2.38. The lowest BCUT2D eigenvalue weighted by atomic mass is 9.72. The average molecular weight is 227 g/mol. The summed E-state index contributed by atoms with van der Waals surface area (Å²) < 4.78 is 0. The van der Waals surface area contributed by atoms with Crippen LogP contribution >= 0.6 is 0 Å². The molecule has 2 atom stereocenters. The normalized spacial score (nSPS) is 33.6. The quantitative estimate of drug-likeness (QED) is 0.758. The van der Waals surface area contributed by atoms with Gasteiger partial charge in [0.25, 0.3) is 0 Å². The maximum absolute atomic E-state index is 10.5. The number of rotatable bonds is 5. The van der Waals surface area contributed by atoms with Gasteiger partial charge >= 0.3 is 0 Å². The Labute approximate surface area is 101 Å². The highest BCUT2D eigenvalue weighted by atomic mass is 16.3. The molecule has 16 heavy (non-hydrogen) atoms. The molecule has 0 heterocycles. The van der Waals surface area contributed by atoms with Crippen LogP contribution < -0.4 is 5.73 Å². The van der Waals surface area contributed by atoms with E-state index in [1.807, 2.05) is 0 Å². The van der Waals surface area contributed by atoms with E-state index in [0.29, 0.717) is 12.5 Å². The summed E-state index contributed by atoms with van der Waals surface area (Å²) in [5, 5.41) is 10.5. The molecule has 0 aromatic carbocycles. The van der Waals surface area contributed by atoms with Crippen LogP contribution in [0.3, 0.4) is 0 Å². The second kappa shape index (κ2) is 5.05. The minimum atomic E-state index is -0.231. The standard InChI is InChI=1S/C14H29NO/c1-5-11(6-2)9-14(10-15)8-7-13(3,4)12(14)16/h11-12,16H,5-10,15H2,1-4H3. The maximum atomic E-state index is 10.5. The van der Waals surface area contributed by atoms with E-state index in [1.54, 1.807) is 0 Å². The Morgan fingerprint density at radius 2 is 1.81 bits per heavy atom. The highest BCUT2D eigenvalue weighted by Gasteiger charge is 2.51. The number of aliphatic hydroxyl groups is 1. The second-order valence-corrected chi connectivity index (χ2v) is 6.34. The van der Waals surface area contributed by atoms with Crippen molar-refractivity contribution in [1.82, 2.24) is 0 Å². The molecule has 1 fully saturated rings. The third kappa shape index (κ3) is 2.43. The smallest absolute Gasteiger partial charge is 0.0659 e. The minimum absolute atomic E-state index is 0.0137. The monoisotopic (exact) mass is 227 g/mol. The van der Waals surface area contributed by atoms with Crippen molar-refractivity contribution in [3.05, 3.63) is 0 Å². The molecule has 0 amide bonds. The molecular weight excluding hydrogens is 198 g/mol. The first-order chi connectivity index (χ1) is 7.41. The number of nitrogens with two attached hydrogens (primary N) is 1. The molecule has 0 aromatic rings. The summed E-state index contributed by atoms with van der Waals surface area (Å²) in [5.74, 6) is 0.715. The molecule has 1 aliphatic rings. The van der Waals surface area contributed by atoms with Gasteiger partial charge in [-0.15, -0.1) is 0 Å². The molecule has 0 saturated heterocycles. The van der Waals surface area contributed by atoms with Crippen LogP contribution in [0, 0.1) is 16.7 Å². The first kappa shape index (κ1) is 14.0. The van der Waals surface area contributed by atoms with Crippen molar-refractivity contribution < 1.29 is 5.11 Å². The van der Waals surface area contributed by atoms with Crippen molar-refractivity contribution in [2.45, 2.75) is 65.9 Å². The molecule has 1 saturated carbocycles. The molecule has 0 bridgehead atoms. The molecule has 3 N–H and O–H groups in total. The van der Waals surface area contributed by atoms with Gasteiger partial charge in [0.2, 0.25) is 0 Å². The fourth-order valence-electron chi connectivity index (χ4n) is 3.34. The van der Waals surface area contributed by atoms with E-state index in [4.69, 9.17) is 5.73 Å². The first-order valence-electron chi connectivity index (χ1n) is 6.80. The summed E-state index contributed by atoms with van der Waals surface area (Å²) in [7, 11) is 0. The number of hydrogen-bond acceptors (Lipinski definition) is 2. The summed E-state index contributed by atoms with van der Waals surface area (Å²) in [6, 6.07) is 0. The molecule has 2 nitrogen and oxygen atoms in total. The van der Waals surface area contributed by atoms with Crippen LogP contribution in [0.4, 0.5) is 0 Å². The van der Waals surface area contributed by atoms with E-state index in [-0.39, 0.29) is 16.9 Å². The van der Waals surface area contributed by atoms with E-state index in [0.717, 1.165) is 19.3 Å². The van der Waals surface area contributed by atoms with E-state index in [9.17, 15) is 5.11 Å². The van der Waals surface area contributed by atoms with E-state index >= 15 is 0 Å². The molecule has 1 aliphatic carbocycles. The van der Waals surface area contributed by atoms with Crippen molar-refractivity contribution in [2.75, 3.05) is 6.54 Å². The largest absolute Gasteiger partial charge is 0.392 e. The van der Waals surface area contributed by atoms with Crippen molar-refractivity contribution >= 4 is 0 Å². The Bertz CT molecular complexity index is 223. The van der Waals surface area contributed by atoms with E-state index < -0.39 is 0 Å². The van der Waals surface area contributed by atoms with Gasteiger partial charge in [0.1, 0.15) is 0 Å². The van der Waals surface area contributed by atoms with Crippen molar-refractivity contribution in [3.63, 3.8) is 0 Å². The summed E-state index contributed by atoms with van der Waals surface area (Å²) >= 11 is 0. The van der Waals surface area contributed by atoms with Gasteiger partial charge in [-0.2, -0.15) is 0 Å². The van der Waals surface area contributed by atoms with Crippen LogP contribution in [0.2, 0.25) is 0 Å². The first-order valence-corrected chi connectivity index (χ1v) is 6.80. The van der Waals surface area contributed by atoms with Crippen LogP contribution in [-0.2, 0) is 0 Å². The SMILES string of the molecule is CCC(CC)CC1(CN)CCC(C)(C)C1O. The molecule has 0 aliphatic heterocycles. The fourth-order valence-corrected chi connectivity index (χ4v) is 3.34. The fraction of sp³-hybridized carbons (Fsp3) is 1.00. The van der Waals surface area contributed by atoms with Crippen LogP contribution in [0.15, 0.2) is 0 Å². The minimum Gasteiger partial charge on any atom is -0.392 e. The zero-order chi connectivity index (χ0) is 12.4. The predicted molar refractivity (Wildman–Crippen MR) is 69.2 cm³/mol. The van der Waals surface area contributed by atoms with Gasteiger partial charge in [-0.1, -0.05) is 40.5 Å². The molecule has 2 heteroatoms. The van der Waals surface area contributed by atoms with Crippen molar-refractivity contribution in [3.8, 4) is 0 Å². The molecule has 2 unspecified atom stereocenters. The molecule has 0 spiro atoms. The highest BCUT2D eigenvalue weighted by Crippen LogP contribution is 2.52. The Hall–Kier alpha value is -0.0800. The van der Waals surface area contributed by atoms with Gasteiger partial charge in [0, 0.05) is 12.0 Å². The lowest BCUT2D eigenvalue weighted by molar-refractivity contribution is -0.0177. The Balaban J connectivity index is 2.79. The summed E-state index contributed by atoms with van der Waals surface area (Å²) in [6.07, 6.45) is 5.46. The molecule has 1 rings (SSSR count). The van der Waals surface area contributed by atoms with Gasteiger partial charge in [-0.3, -0.25) is 0 Å². The van der Waals surface area contributed by atoms with Crippen LogP contribution in [0.25, 0.3) is 0 Å². The molecular formula is C14H29NO. The van der Waals surface area contributed by atoms with E-state index in [2.05, 4.69) is 27.7 Å². The summed E-state index contributed by atoms with van der Waals surface area (Å²) in [4.78, 5) is 0. The average Bonchev–Trinajstić information content (AvgIpc) is 2.50. The van der Waals surface area contributed by atoms with Gasteiger partial charge in [-0.25, -0.2) is 0 Å². The number of hydrogen-bond donors (Lipinski definition) is 2.